The lowest BCUT2D eigenvalue weighted by Crippen LogP contribution is -2.46. The van der Waals surface area contributed by atoms with Crippen LogP contribution >= 0.6 is 45.8 Å². The Morgan fingerprint density at radius 3 is 2.61 bits per heavy atom. The minimum Gasteiger partial charge on any atom is -0.482 e. The third-order valence-corrected chi connectivity index (χ3v) is 7.23. The number of hydrogen-bond acceptors (Lipinski definition) is 4. The Kier molecular flexibility index (Phi) is 6.09. The average molecular weight is 597 g/mol. The number of rotatable bonds is 3. The molecule has 1 aromatic heterocycles. The van der Waals surface area contributed by atoms with Gasteiger partial charge in [-0.1, -0.05) is 29.6 Å². The van der Waals surface area contributed by atoms with Crippen LogP contribution in [-0.4, -0.2) is 33.8 Å². The van der Waals surface area contributed by atoms with E-state index in [0.29, 0.717) is 21.4 Å². The number of carbonyl (C=O) groups is 1. The molecular weight excluding hydrogens is 574 g/mol. The van der Waals surface area contributed by atoms with Crippen molar-refractivity contribution in [2.24, 2.45) is 0 Å². The number of fused-ring (bicyclic) bond motifs is 3. The first-order valence-corrected chi connectivity index (χ1v) is 12.7. The third-order valence-electron chi connectivity index (χ3n) is 6.02. The summed E-state index contributed by atoms with van der Waals surface area (Å²) in [5.74, 6) is 0.497. The predicted molar refractivity (Wildman–Crippen MR) is 138 cm³/mol. The molecule has 0 aliphatic carbocycles. The molecule has 0 bridgehead atoms. The molecule has 1 fully saturated rings. The van der Waals surface area contributed by atoms with E-state index in [9.17, 15) is 4.79 Å². The summed E-state index contributed by atoms with van der Waals surface area (Å²) in [5, 5.41) is 7.76. The Bertz CT molecular complexity index is 1250. The van der Waals surface area contributed by atoms with Gasteiger partial charge >= 0.3 is 0 Å². The second-order valence-corrected chi connectivity index (χ2v) is 10.9. The van der Waals surface area contributed by atoms with Crippen LogP contribution < -0.4 is 10.2 Å². The highest BCUT2D eigenvalue weighted by Crippen LogP contribution is 2.48. The molecule has 9 heteroatoms. The molecule has 0 saturated carbocycles. The minimum atomic E-state index is -0.779. The Morgan fingerprint density at radius 1 is 1.12 bits per heavy atom. The molecule has 0 unspecified atom stereocenters. The molecule has 1 saturated heterocycles. The topological polar surface area (TPSA) is 59.4 Å². The van der Waals surface area contributed by atoms with Crippen LogP contribution in [0.15, 0.2) is 36.4 Å². The van der Waals surface area contributed by atoms with Gasteiger partial charge in [-0.3, -0.25) is 10.2 Å². The number of halogens is 3. The van der Waals surface area contributed by atoms with Crippen molar-refractivity contribution in [1.82, 2.24) is 20.2 Å². The first kappa shape index (κ1) is 23.0. The summed E-state index contributed by atoms with van der Waals surface area (Å²) in [7, 11) is 0. The van der Waals surface area contributed by atoms with E-state index in [4.69, 9.17) is 33.0 Å². The van der Waals surface area contributed by atoms with Crippen molar-refractivity contribution in [3.63, 3.8) is 0 Å². The van der Waals surface area contributed by atoms with Crippen molar-refractivity contribution in [3.05, 3.63) is 61.3 Å². The van der Waals surface area contributed by atoms with Gasteiger partial charge in [0.1, 0.15) is 11.4 Å². The van der Waals surface area contributed by atoms with Gasteiger partial charge < -0.3 is 4.74 Å². The number of benzene rings is 2. The van der Waals surface area contributed by atoms with Crippen LogP contribution in [0, 0.1) is 3.57 Å². The lowest BCUT2D eigenvalue weighted by molar-refractivity contribution is 0.0720. The standard InChI is InChI=1S/C24H23Cl2IN4O2/c1-24(2)20-21(23(32)29-30-10-4-3-5-11-30)28-31(18-9-6-14(25)12-17(18)26)22(20)16-8-7-15(27)13-19(16)33-24/h6-9,12-13H,3-5,10-11H2,1-2H3,(H,29,32). The molecule has 2 aliphatic heterocycles. The number of nitrogens with one attached hydrogen (secondary N) is 1. The zero-order valence-corrected chi connectivity index (χ0v) is 22.0. The lowest BCUT2D eigenvalue weighted by Gasteiger charge is -2.34. The van der Waals surface area contributed by atoms with E-state index < -0.39 is 5.60 Å². The molecule has 2 aliphatic rings. The number of aromatic nitrogens is 2. The van der Waals surface area contributed by atoms with Crippen LogP contribution in [0.3, 0.4) is 0 Å². The summed E-state index contributed by atoms with van der Waals surface area (Å²) in [4.78, 5) is 13.5. The zero-order valence-electron chi connectivity index (χ0n) is 18.3. The van der Waals surface area contributed by atoms with Crippen molar-refractivity contribution in [2.45, 2.75) is 38.7 Å². The van der Waals surface area contributed by atoms with Crippen molar-refractivity contribution in [2.75, 3.05) is 13.1 Å². The molecule has 1 N–H and O–H groups in total. The highest BCUT2D eigenvalue weighted by Gasteiger charge is 2.41. The van der Waals surface area contributed by atoms with E-state index in [0.717, 1.165) is 52.1 Å². The maximum Gasteiger partial charge on any atom is 0.286 e. The van der Waals surface area contributed by atoms with E-state index in [1.165, 1.54) is 6.42 Å². The number of amides is 1. The maximum absolute atomic E-state index is 13.5. The van der Waals surface area contributed by atoms with E-state index in [1.54, 1.807) is 16.8 Å². The van der Waals surface area contributed by atoms with Gasteiger partial charge in [0.2, 0.25) is 0 Å². The van der Waals surface area contributed by atoms with Crippen molar-refractivity contribution < 1.29 is 9.53 Å². The van der Waals surface area contributed by atoms with Crippen molar-refractivity contribution >= 4 is 51.7 Å². The van der Waals surface area contributed by atoms with E-state index in [2.05, 4.69) is 28.0 Å². The first-order valence-electron chi connectivity index (χ1n) is 10.9. The Labute approximate surface area is 216 Å². The van der Waals surface area contributed by atoms with Crippen LogP contribution in [0.2, 0.25) is 10.0 Å². The third kappa shape index (κ3) is 4.24. The molecule has 0 radical (unpaired) electrons. The predicted octanol–water partition coefficient (Wildman–Crippen LogP) is 6.21. The summed E-state index contributed by atoms with van der Waals surface area (Å²) in [6.07, 6.45) is 3.31. The molecule has 172 valence electrons. The monoisotopic (exact) mass is 596 g/mol. The summed E-state index contributed by atoms with van der Waals surface area (Å²) >= 11 is 15.0. The fourth-order valence-electron chi connectivity index (χ4n) is 4.53. The van der Waals surface area contributed by atoms with Gasteiger partial charge in [-0.25, -0.2) is 9.69 Å². The number of ether oxygens (including phenoxy) is 1. The maximum atomic E-state index is 13.5. The minimum absolute atomic E-state index is 0.248. The molecule has 3 aromatic rings. The molecule has 33 heavy (non-hydrogen) atoms. The Hall–Kier alpha value is -1.81. The quantitative estimate of drug-likeness (QED) is 0.365. The number of hydrazine groups is 1. The Morgan fingerprint density at radius 2 is 1.88 bits per heavy atom. The second kappa shape index (κ2) is 8.76. The fraction of sp³-hybridized carbons (Fsp3) is 0.333. The van der Waals surface area contributed by atoms with Gasteiger partial charge in [0.15, 0.2) is 5.69 Å². The van der Waals surface area contributed by atoms with Crippen LogP contribution in [0.4, 0.5) is 0 Å². The summed E-state index contributed by atoms with van der Waals surface area (Å²) in [5.41, 5.74) is 5.64. The van der Waals surface area contributed by atoms with Gasteiger partial charge in [-0.15, -0.1) is 0 Å². The number of hydrogen-bond donors (Lipinski definition) is 1. The summed E-state index contributed by atoms with van der Waals surface area (Å²) in [6.45, 7) is 5.58. The SMILES string of the molecule is CC1(C)Oc2cc(I)ccc2-c2c1c(C(=O)NN1CCCCC1)nn2-c1ccc(Cl)cc1Cl. The smallest absolute Gasteiger partial charge is 0.286 e. The van der Waals surface area contributed by atoms with Crippen molar-refractivity contribution in [3.8, 4) is 22.7 Å². The fourth-order valence-corrected chi connectivity index (χ4v) is 5.48. The lowest BCUT2D eigenvalue weighted by atomic mass is 9.89. The van der Waals surface area contributed by atoms with Crippen LogP contribution in [0.5, 0.6) is 5.75 Å². The van der Waals surface area contributed by atoms with Gasteiger partial charge in [-0.05, 0) is 85.7 Å². The second-order valence-electron chi connectivity index (χ2n) is 8.82. The normalized spacial score (nSPS) is 17.1. The summed E-state index contributed by atoms with van der Waals surface area (Å²) < 4.78 is 9.20. The van der Waals surface area contributed by atoms with Gasteiger partial charge in [0, 0.05) is 27.2 Å². The van der Waals surface area contributed by atoms with Gasteiger partial charge in [-0.2, -0.15) is 5.10 Å². The van der Waals surface area contributed by atoms with E-state index in [-0.39, 0.29) is 5.91 Å². The van der Waals surface area contributed by atoms with Gasteiger partial charge in [0.25, 0.3) is 5.91 Å². The van der Waals surface area contributed by atoms with Crippen LogP contribution in [0.1, 0.15) is 49.2 Å². The molecule has 2 aromatic carbocycles. The number of piperidine rings is 1. The zero-order chi connectivity index (χ0) is 23.3. The first-order chi connectivity index (χ1) is 15.7. The number of carbonyl (C=O) groups excluding carboxylic acids is 1. The average Bonchev–Trinajstić information content (AvgIpc) is 3.16. The molecule has 6 nitrogen and oxygen atoms in total. The molecular formula is C24H23Cl2IN4O2. The molecule has 5 rings (SSSR count). The molecule has 1 amide bonds. The van der Waals surface area contributed by atoms with E-state index in [1.807, 2.05) is 43.1 Å². The van der Waals surface area contributed by atoms with Crippen LogP contribution in [-0.2, 0) is 5.60 Å². The van der Waals surface area contributed by atoms with Crippen LogP contribution in [0.25, 0.3) is 16.9 Å². The molecule has 3 heterocycles. The largest absolute Gasteiger partial charge is 0.482 e. The highest BCUT2D eigenvalue weighted by molar-refractivity contribution is 14.1. The molecule has 0 spiro atoms. The Balaban J connectivity index is 1.72. The van der Waals surface area contributed by atoms with Crippen molar-refractivity contribution in [1.29, 1.82) is 0 Å². The summed E-state index contributed by atoms with van der Waals surface area (Å²) in [6, 6.07) is 11.3. The highest BCUT2D eigenvalue weighted by atomic mass is 127. The van der Waals surface area contributed by atoms with Gasteiger partial charge in [0.05, 0.1) is 22.0 Å². The molecule has 0 atom stereocenters. The van der Waals surface area contributed by atoms with E-state index >= 15 is 0 Å². The number of nitrogens with zero attached hydrogens (tertiary/aromatic N) is 3.